The Hall–Kier alpha value is -0.650. The van der Waals surface area contributed by atoms with Crippen molar-refractivity contribution in [2.24, 2.45) is 0 Å². The number of piperidine rings is 1. The Bertz CT molecular complexity index is 236. The van der Waals surface area contributed by atoms with E-state index in [2.05, 4.69) is 10.6 Å². The Balaban J connectivity index is 1.51. The molecule has 2 N–H and O–H groups in total. The molecule has 98 valence electrons. The van der Waals surface area contributed by atoms with Gasteiger partial charge < -0.3 is 20.1 Å². The Morgan fingerprint density at radius 1 is 1.35 bits per heavy atom. The number of hydrogen-bond donors (Lipinski definition) is 2. The molecule has 0 aromatic heterocycles. The second kappa shape index (κ2) is 6.93. The van der Waals surface area contributed by atoms with E-state index < -0.39 is 0 Å². The van der Waals surface area contributed by atoms with Crippen LogP contribution in [-0.4, -0.2) is 51.0 Å². The van der Waals surface area contributed by atoms with E-state index >= 15 is 0 Å². The minimum absolute atomic E-state index is 0.0106. The van der Waals surface area contributed by atoms with Gasteiger partial charge in [-0.2, -0.15) is 0 Å². The summed E-state index contributed by atoms with van der Waals surface area (Å²) >= 11 is 0. The first-order valence-electron chi connectivity index (χ1n) is 6.58. The third-order valence-corrected chi connectivity index (χ3v) is 3.26. The molecule has 1 unspecified atom stereocenters. The molecule has 5 nitrogen and oxygen atoms in total. The molecule has 0 aromatic carbocycles. The van der Waals surface area contributed by atoms with E-state index in [1.807, 2.05) is 0 Å². The van der Waals surface area contributed by atoms with Crippen LogP contribution >= 0.6 is 0 Å². The summed E-state index contributed by atoms with van der Waals surface area (Å²) in [5, 5.41) is 6.15. The molecule has 2 saturated heterocycles. The maximum atomic E-state index is 11.6. The molecule has 0 radical (unpaired) electrons. The number of ether oxygens (including phenoxy) is 2. The first-order chi connectivity index (χ1) is 8.36. The van der Waals surface area contributed by atoms with E-state index in [9.17, 15) is 4.79 Å². The number of carbonyl (C=O) groups excluding carboxylic acids is 1. The number of rotatable bonds is 5. The average molecular weight is 242 g/mol. The summed E-state index contributed by atoms with van der Waals surface area (Å²) in [6, 6.07) is 0. The fraction of sp³-hybridized carbons (Fsp3) is 0.917. The normalized spacial score (nSPS) is 26.0. The molecule has 2 aliphatic heterocycles. The smallest absolute Gasteiger partial charge is 0.249 e. The van der Waals surface area contributed by atoms with Gasteiger partial charge in [0.15, 0.2) is 0 Å². The largest absolute Gasteiger partial charge is 0.376 e. The van der Waals surface area contributed by atoms with Crippen LogP contribution in [0.15, 0.2) is 0 Å². The maximum absolute atomic E-state index is 11.6. The van der Waals surface area contributed by atoms with Crippen molar-refractivity contribution in [3.05, 3.63) is 0 Å². The first-order valence-corrected chi connectivity index (χ1v) is 6.58. The molecule has 5 heteroatoms. The SMILES string of the molecule is O=C(NCCOC1CCNCC1)C1CCCO1. The monoisotopic (exact) mass is 242 g/mol. The lowest BCUT2D eigenvalue weighted by atomic mass is 10.1. The quantitative estimate of drug-likeness (QED) is 0.669. The van der Waals surface area contributed by atoms with Gasteiger partial charge in [0.25, 0.3) is 0 Å². The predicted molar refractivity (Wildman–Crippen MR) is 63.8 cm³/mol. The number of amides is 1. The number of nitrogens with one attached hydrogen (secondary N) is 2. The Labute approximate surface area is 102 Å². The topological polar surface area (TPSA) is 59.6 Å². The molecule has 1 atom stereocenters. The van der Waals surface area contributed by atoms with Crippen LogP contribution in [0.1, 0.15) is 25.7 Å². The van der Waals surface area contributed by atoms with Gasteiger partial charge in [-0.05, 0) is 38.8 Å². The summed E-state index contributed by atoms with van der Waals surface area (Å²) in [7, 11) is 0. The van der Waals surface area contributed by atoms with Gasteiger partial charge in [0.1, 0.15) is 6.10 Å². The molecule has 2 rings (SSSR count). The highest BCUT2D eigenvalue weighted by molar-refractivity contribution is 5.80. The second-order valence-electron chi connectivity index (χ2n) is 4.61. The zero-order chi connectivity index (χ0) is 11.9. The lowest BCUT2D eigenvalue weighted by molar-refractivity contribution is -0.130. The van der Waals surface area contributed by atoms with E-state index in [-0.39, 0.29) is 12.0 Å². The minimum Gasteiger partial charge on any atom is -0.376 e. The van der Waals surface area contributed by atoms with E-state index in [4.69, 9.17) is 9.47 Å². The summed E-state index contributed by atoms with van der Waals surface area (Å²) in [5.74, 6) is 0.0106. The summed E-state index contributed by atoms with van der Waals surface area (Å²) in [6.07, 6.45) is 4.11. The van der Waals surface area contributed by atoms with Gasteiger partial charge >= 0.3 is 0 Å². The van der Waals surface area contributed by atoms with Gasteiger partial charge in [0.05, 0.1) is 12.7 Å². The van der Waals surface area contributed by atoms with Gasteiger partial charge in [-0.25, -0.2) is 0 Å². The molecule has 2 heterocycles. The van der Waals surface area contributed by atoms with E-state index in [0.717, 1.165) is 38.8 Å². The van der Waals surface area contributed by atoms with Crippen molar-refractivity contribution in [1.29, 1.82) is 0 Å². The average Bonchev–Trinajstić information content (AvgIpc) is 2.89. The van der Waals surface area contributed by atoms with Crippen molar-refractivity contribution >= 4 is 5.91 Å². The molecular formula is C12H22N2O3. The predicted octanol–water partition coefficient (Wildman–Crippen LogP) is 0.0502. The van der Waals surface area contributed by atoms with Gasteiger partial charge in [-0.15, -0.1) is 0 Å². The molecule has 1 amide bonds. The molecule has 0 spiro atoms. The van der Waals surface area contributed by atoms with E-state index in [0.29, 0.717) is 25.9 Å². The van der Waals surface area contributed by atoms with E-state index in [1.54, 1.807) is 0 Å². The molecule has 17 heavy (non-hydrogen) atoms. The van der Waals surface area contributed by atoms with Crippen LogP contribution in [0.2, 0.25) is 0 Å². The maximum Gasteiger partial charge on any atom is 0.249 e. The highest BCUT2D eigenvalue weighted by Gasteiger charge is 2.23. The van der Waals surface area contributed by atoms with Crippen molar-refractivity contribution in [1.82, 2.24) is 10.6 Å². The van der Waals surface area contributed by atoms with Gasteiger partial charge in [0, 0.05) is 13.2 Å². The third kappa shape index (κ3) is 4.26. The van der Waals surface area contributed by atoms with Crippen molar-refractivity contribution in [2.45, 2.75) is 37.9 Å². The van der Waals surface area contributed by atoms with Crippen LogP contribution in [0.25, 0.3) is 0 Å². The molecule has 0 bridgehead atoms. The molecule has 0 aromatic rings. The minimum atomic E-state index is -0.228. The molecule has 2 aliphatic rings. The van der Waals surface area contributed by atoms with E-state index in [1.165, 1.54) is 0 Å². The van der Waals surface area contributed by atoms with Crippen LogP contribution < -0.4 is 10.6 Å². The lowest BCUT2D eigenvalue weighted by Crippen LogP contribution is -2.38. The van der Waals surface area contributed by atoms with Gasteiger partial charge in [0.2, 0.25) is 5.91 Å². The zero-order valence-corrected chi connectivity index (χ0v) is 10.2. The summed E-state index contributed by atoms with van der Waals surface area (Å²) < 4.78 is 11.0. The Morgan fingerprint density at radius 2 is 2.18 bits per heavy atom. The third-order valence-electron chi connectivity index (χ3n) is 3.26. The lowest BCUT2D eigenvalue weighted by Gasteiger charge is -2.23. The van der Waals surface area contributed by atoms with Crippen LogP contribution in [0.3, 0.4) is 0 Å². The van der Waals surface area contributed by atoms with Crippen molar-refractivity contribution in [2.75, 3.05) is 32.8 Å². The first kappa shape index (κ1) is 12.8. The van der Waals surface area contributed by atoms with Crippen LogP contribution in [0, 0.1) is 0 Å². The van der Waals surface area contributed by atoms with Gasteiger partial charge in [-0.1, -0.05) is 0 Å². The van der Waals surface area contributed by atoms with Crippen LogP contribution in [0.4, 0.5) is 0 Å². The second-order valence-corrected chi connectivity index (χ2v) is 4.61. The van der Waals surface area contributed by atoms with Crippen LogP contribution in [-0.2, 0) is 14.3 Å². The summed E-state index contributed by atoms with van der Waals surface area (Å²) in [5.41, 5.74) is 0. The standard InChI is InChI=1S/C12H22N2O3/c15-12(11-2-1-8-17-11)14-7-9-16-10-3-5-13-6-4-10/h10-11,13H,1-9H2,(H,14,15). The Morgan fingerprint density at radius 3 is 2.88 bits per heavy atom. The summed E-state index contributed by atoms with van der Waals surface area (Å²) in [6.45, 7) is 3.97. The number of hydrogen-bond acceptors (Lipinski definition) is 4. The highest BCUT2D eigenvalue weighted by Crippen LogP contribution is 2.11. The van der Waals surface area contributed by atoms with Crippen molar-refractivity contribution < 1.29 is 14.3 Å². The van der Waals surface area contributed by atoms with Crippen molar-refractivity contribution in [3.8, 4) is 0 Å². The van der Waals surface area contributed by atoms with Gasteiger partial charge in [-0.3, -0.25) is 4.79 Å². The molecule has 0 aliphatic carbocycles. The number of carbonyl (C=O) groups is 1. The molecular weight excluding hydrogens is 220 g/mol. The van der Waals surface area contributed by atoms with Crippen molar-refractivity contribution in [3.63, 3.8) is 0 Å². The highest BCUT2D eigenvalue weighted by atomic mass is 16.5. The van der Waals surface area contributed by atoms with Crippen LogP contribution in [0.5, 0.6) is 0 Å². The zero-order valence-electron chi connectivity index (χ0n) is 10.2. The fourth-order valence-electron chi connectivity index (χ4n) is 2.26. The Kier molecular flexibility index (Phi) is 5.22. The molecule has 0 saturated carbocycles. The summed E-state index contributed by atoms with van der Waals surface area (Å²) in [4.78, 5) is 11.6. The fourth-order valence-corrected chi connectivity index (χ4v) is 2.26. The molecule has 2 fully saturated rings.